The minimum Gasteiger partial charge on any atom is -0.488 e. The van der Waals surface area contributed by atoms with Gasteiger partial charge >= 0.3 is 0 Å². The second-order valence-electron chi connectivity index (χ2n) is 8.60. The summed E-state index contributed by atoms with van der Waals surface area (Å²) < 4.78 is 6.16. The Morgan fingerprint density at radius 2 is 2.12 bits per heavy atom. The molecule has 7 nitrogen and oxygen atoms in total. The zero-order valence-electron chi connectivity index (χ0n) is 18.1. The molecule has 0 bridgehead atoms. The number of aromatic nitrogens is 3. The molecule has 6 rings (SSSR count). The van der Waals surface area contributed by atoms with E-state index in [0.29, 0.717) is 24.7 Å². The molecule has 4 heterocycles. The molecule has 1 amide bonds. The van der Waals surface area contributed by atoms with Crippen LogP contribution >= 0.6 is 11.6 Å². The second-order valence-corrected chi connectivity index (χ2v) is 9.03. The number of aromatic amines is 1. The van der Waals surface area contributed by atoms with Gasteiger partial charge in [-0.15, -0.1) is 0 Å². The van der Waals surface area contributed by atoms with Gasteiger partial charge in [0.1, 0.15) is 6.61 Å². The number of hydrogen-bond acceptors (Lipinski definition) is 5. The van der Waals surface area contributed by atoms with Crippen molar-refractivity contribution >= 4 is 45.0 Å². The number of nitrogens with zero attached hydrogens (tertiary/aromatic N) is 4. The third-order valence-electron chi connectivity index (χ3n) is 6.71. The lowest BCUT2D eigenvalue weighted by molar-refractivity contribution is -0.127. The van der Waals surface area contributed by atoms with Crippen LogP contribution in [0.4, 0.5) is 5.69 Å². The lowest BCUT2D eigenvalue weighted by atomic mass is 9.90. The van der Waals surface area contributed by atoms with E-state index < -0.39 is 0 Å². The summed E-state index contributed by atoms with van der Waals surface area (Å²) in [6, 6.07) is 9.71. The number of carbonyl (C=O) groups is 1. The van der Waals surface area contributed by atoms with E-state index in [9.17, 15) is 4.79 Å². The highest BCUT2D eigenvalue weighted by Crippen LogP contribution is 2.47. The zero-order valence-corrected chi connectivity index (χ0v) is 18.8. The number of hydrogen-bond donors (Lipinski definition) is 1. The number of rotatable bonds is 2. The topological polar surface area (TPSA) is 74.4 Å². The SMILES string of the molecule is C=CC(=O)N1CC(c2c(C)ccc3[nH]ncc23)N2c3c(cnc4ccc(Cl)cc34)OC[C@H]2C1. The van der Waals surface area contributed by atoms with Crippen molar-refractivity contribution in [3.63, 3.8) is 0 Å². The van der Waals surface area contributed by atoms with Crippen LogP contribution in [0.5, 0.6) is 5.75 Å². The number of fused-ring (bicyclic) bond motifs is 6. The minimum atomic E-state index is -0.110. The molecule has 2 aromatic heterocycles. The van der Waals surface area contributed by atoms with E-state index in [-0.39, 0.29) is 18.0 Å². The molecule has 2 atom stereocenters. The maximum Gasteiger partial charge on any atom is 0.246 e. The first-order chi connectivity index (χ1) is 16.0. The molecule has 1 fully saturated rings. The van der Waals surface area contributed by atoms with Gasteiger partial charge in [0.05, 0.1) is 41.2 Å². The summed E-state index contributed by atoms with van der Waals surface area (Å²) in [6.07, 6.45) is 5.03. The molecule has 1 N–H and O–H groups in total. The molecule has 0 aliphatic carbocycles. The van der Waals surface area contributed by atoms with Crippen LogP contribution in [-0.2, 0) is 4.79 Å². The maximum absolute atomic E-state index is 12.7. The first-order valence-corrected chi connectivity index (χ1v) is 11.3. The fourth-order valence-corrected chi connectivity index (χ4v) is 5.43. The monoisotopic (exact) mass is 459 g/mol. The van der Waals surface area contributed by atoms with Gasteiger partial charge in [-0.1, -0.05) is 24.2 Å². The van der Waals surface area contributed by atoms with E-state index in [1.807, 2.05) is 35.4 Å². The van der Waals surface area contributed by atoms with Crippen molar-refractivity contribution in [1.29, 1.82) is 0 Å². The van der Waals surface area contributed by atoms with Crippen LogP contribution in [-0.4, -0.2) is 51.7 Å². The number of halogens is 1. The average Bonchev–Trinajstić information content (AvgIpc) is 3.31. The molecule has 8 heteroatoms. The van der Waals surface area contributed by atoms with Gasteiger partial charge in [0.2, 0.25) is 5.91 Å². The number of H-pyrrole nitrogens is 1. The molecule has 166 valence electrons. The van der Waals surface area contributed by atoms with Crippen LogP contribution in [0.3, 0.4) is 0 Å². The van der Waals surface area contributed by atoms with Crippen molar-refractivity contribution in [2.24, 2.45) is 0 Å². The number of benzene rings is 2. The van der Waals surface area contributed by atoms with Gasteiger partial charge in [-0.3, -0.25) is 14.9 Å². The minimum absolute atomic E-state index is 0.0358. The summed E-state index contributed by atoms with van der Waals surface area (Å²) in [4.78, 5) is 21.6. The summed E-state index contributed by atoms with van der Waals surface area (Å²) >= 11 is 6.40. The fourth-order valence-electron chi connectivity index (χ4n) is 5.26. The molecule has 0 spiro atoms. The summed E-state index contributed by atoms with van der Waals surface area (Å²) in [7, 11) is 0. The van der Waals surface area contributed by atoms with Crippen molar-refractivity contribution in [3.8, 4) is 5.75 Å². The number of anilines is 1. The Morgan fingerprint density at radius 3 is 2.97 bits per heavy atom. The zero-order chi connectivity index (χ0) is 22.7. The molecule has 33 heavy (non-hydrogen) atoms. The van der Waals surface area contributed by atoms with Gasteiger partial charge in [-0.25, -0.2) is 0 Å². The van der Waals surface area contributed by atoms with Crippen molar-refractivity contribution in [2.75, 3.05) is 24.6 Å². The Bertz CT molecular complexity index is 1430. The van der Waals surface area contributed by atoms with E-state index in [1.54, 1.807) is 6.20 Å². The molecule has 2 aliphatic heterocycles. The van der Waals surface area contributed by atoms with E-state index in [4.69, 9.17) is 16.3 Å². The van der Waals surface area contributed by atoms with E-state index >= 15 is 0 Å². The number of amides is 1. The highest BCUT2D eigenvalue weighted by molar-refractivity contribution is 6.31. The predicted molar refractivity (Wildman–Crippen MR) is 129 cm³/mol. The lowest BCUT2D eigenvalue weighted by Crippen LogP contribution is -2.59. The summed E-state index contributed by atoms with van der Waals surface area (Å²) in [5.41, 5.74) is 5.08. The Hall–Kier alpha value is -3.58. The van der Waals surface area contributed by atoms with Crippen LogP contribution in [0, 0.1) is 6.92 Å². The van der Waals surface area contributed by atoms with Gasteiger partial charge < -0.3 is 14.5 Å². The first-order valence-electron chi connectivity index (χ1n) is 10.9. The first kappa shape index (κ1) is 20.1. The average molecular weight is 460 g/mol. The smallest absolute Gasteiger partial charge is 0.246 e. The largest absolute Gasteiger partial charge is 0.488 e. The molecule has 0 radical (unpaired) electrons. The molecule has 1 unspecified atom stereocenters. The van der Waals surface area contributed by atoms with Crippen LogP contribution in [0.2, 0.25) is 5.02 Å². The quantitative estimate of drug-likeness (QED) is 0.449. The van der Waals surface area contributed by atoms with Gasteiger partial charge in [-0.2, -0.15) is 5.10 Å². The van der Waals surface area contributed by atoms with E-state index in [2.05, 4.69) is 39.7 Å². The predicted octanol–water partition coefficient (Wildman–Crippen LogP) is 4.41. The van der Waals surface area contributed by atoms with Crippen molar-refractivity contribution in [1.82, 2.24) is 20.1 Å². The Morgan fingerprint density at radius 1 is 1.24 bits per heavy atom. The number of aryl methyl sites for hydroxylation is 1. The highest BCUT2D eigenvalue weighted by atomic mass is 35.5. The lowest BCUT2D eigenvalue weighted by Gasteiger charge is -2.51. The van der Waals surface area contributed by atoms with Crippen LogP contribution in [0.1, 0.15) is 17.2 Å². The third kappa shape index (κ3) is 3.07. The van der Waals surface area contributed by atoms with E-state index in [1.165, 1.54) is 6.08 Å². The molecule has 4 aromatic rings. The van der Waals surface area contributed by atoms with Gasteiger partial charge in [0.15, 0.2) is 5.75 Å². The molecule has 2 aliphatic rings. The van der Waals surface area contributed by atoms with Crippen LogP contribution in [0.15, 0.2) is 55.4 Å². The molecule has 1 saturated heterocycles. The van der Waals surface area contributed by atoms with Crippen molar-refractivity contribution in [2.45, 2.75) is 19.0 Å². The fraction of sp³-hybridized carbons (Fsp3) is 0.240. The second kappa shape index (κ2) is 7.49. The van der Waals surface area contributed by atoms with Crippen LogP contribution in [0.25, 0.3) is 21.8 Å². The molecule has 2 aromatic carbocycles. The van der Waals surface area contributed by atoms with Crippen molar-refractivity contribution < 1.29 is 9.53 Å². The maximum atomic E-state index is 12.7. The van der Waals surface area contributed by atoms with Gasteiger partial charge in [0, 0.05) is 28.9 Å². The van der Waals surface area contributed by atoms with Crippen LogP contribution < -0.4 is 9.64 Å². The number of carbonyl (C=O) groups excluding carboxylic acids is 1. The normalized spacial score (nSPS) is 19.8. The number of piperazine rings is 1. The Labute approximate surface area is 195 Å². The standard InChI is InChI=1S/C25H22ClN5O2/c1-3-23(32)30-11-16-13-33-22-10-27-19-7-5-15(26)8-17(19)25(22)31(16)21(12-30)24-14(2)4-6-20-18(24)9-28-29-20/h3-10,16,21H,1,11-13H2,2H3,(H,28,29)/t16-,21?/m1/s1. The highest BCUT2D eigenvalue weighted by Gasteiger charge is 2.42. The summed E-state index contributed by atoms with van der Waals surface area (Å²) in [5, 5.41) is 10.0. The Balaban J connectivity index is 1.62. The summed E-state index contributed by atoms with van der Waals surface area (Å²) in [5.74, 6) is 0.650. The Kier molecular flexibility index (Phi) is 4.55. The molecule has 0 saturated carbocycles. The van der Waals surface area contributed by atoms with E-state index in [0.717, 1.165) is 44.4 Å². The number of nitrogens with one attached hydrogen (secondary N) is 1. The van der Waals surface area contributed by atoms with Gasteiger partial charge in [0.25, 0.3) is 0 Å². The summed E-state index contributed by atoms with van der Waals surface area (Å²) in [6.45, 7) is 7.34. The number of pyridine rings is 1. The van der Waals surface area contributed by atoms with Crippen molar-refractivity contribution in [3.05, 3.63) is 71.5 Å². The number of ether oxygens (including phenoxy) is 1. The molecular formula is C25H22ClN5O2. The van der Waals surface area contributed by atoms with Gasteiger partial charge in [-0.05, 0) is 48.4 Å². The third-order valence-corrected chi connectivity index (χ3v) is 6.95. The molecular weight excluding hydrogens is 438 g/mol.